The molecule has 2 heterocycles. The molecule has 0 aliphatic carbocycles. The van der Waals surface area contributed by atoms with Crippen LogP contribution in [0, 0.1) is 6.92 Å². The van der Waals surface area contributed by atoms with E-state index in [1.165, 1.54) is 11.8 Å². The van der Waals surface area contributed by atoms with Crippen molar-refractivity contribution in [2.24, 2.45) is 0 Å². The van der Waals surface area contributed by atoms with Crippen LogP contribution in [0.1, 0.15) is 19.6 Å². The summed E-state index contributed by atoms with van der Waals surface area (Å²) in [6.07, 6.45) is 1.64. The first-order chi connectivity index (χ1) is 9.49. The zero-order valence-corrected chi connectivity index (χ0v) is 12.9. The van der Waals surface area contributed by atoms with Crippen LogP contribution in [-0.4, -0.2) is 53.0 Å². The van der Waals surface area contributed by atoms with Crippen molar-refractivity contribution in [3.8, 4) is 0 Å². The second-order valence-corrected chi connectivity index (χ2v) is 6.32. The molecule has 0 radical (unpaired) electrons. The van der Waals surface area contributed by atoms with Gasteiger partial charge in [0.25, 0.3) is 0 Å². The van der Waals surface area contributed by atoms with E-state index < -0.39 is 0 Å². The van der Waals surface area contributed by atoms with Crippen molar-refractivity contribution < 1.29 is 14.0 Å². The van der Waals surface area contributed by atoms with Gasteiger partial charge in [0.05, 0.1) is 11.5 Å². The van der Waals surface area contributed by atoms with Crippen LogP contribution in [0.25, 0.3) is 0 Å². The quantitative estimate of drug-likeness (QED) is 0.798. The Morgan fingerprint density at radius 2 is 1.85 bits per heavy atom. The van der Waals surface area contributed by atoms with Crippen LogP contribution < -0.4 is 0 Å². The molecule has 2 amide bonds. The van der Waals surface area contributed by atoms with Crippen LogP contribution in [0.3, 0.4) is 0 Å². The number of aryl methyl sites for hydroxylation is 1. The number of thioether (sulfide) groups is 1. The standard InChI is InChI=1S/C14H20N2O3S/c1-10-13(4-9-19-10)20-11(2)14(18)16-7-5-15(6-8-16)12(3)17/h4,9,11H,5-8H2,1-3H3. The van der Waals surface area contributed by atoms with Crippen molar-refractivity contribution in [1.29, 1.82) is 0 Å². The van der Waals surface area contributed by atoms with Gasteiger partial charge in [0.15, 0.2) is 0 Å². The molecule has 6 heteroatoms. The van der Waals surface area contributed by atoms with E-state index in [1.807, 2.05) is 24.8 Å². The topological polar surface area (TPSA) is 53.8 Å². The normalized spacial score (nSPS) is 17.1. The molecule has 20 heavy (non-hydrogen) atoms. The van der Waals surface area contributed by atoms with Crippen molar-refractivity contribution >= 4 is 23.6 Å². The van der Waals surface area contributed by atoms with Gasteiger partial charge < -0.3 is 14.2 Å². The summed E-state index contributed by atoms with van der Waals surface area (Å²) in [5, 5.41) is -0.143. The molecule has 0 bridgehead atoms. The molecule has 1 atom stereocenters. The maximum atomic E-state index is 12.4. The molecular formula is C14H20N2O3S. The third-order valence-electron chi connectivity index (χ3n) is 3.50. The van der Waals surface area contributed by atoms with Gasteiger partial charge in [0.1, 0.15) is 5.76 Å². The summed E-state index contributed by atoms with van der Waals surface area (Å²) < 4.78 is 5.24. The van der Waals surface area contributed by atoms with Crippen LogP contribution in [0.5, 0.6) is 0 Å². The van der Waals surface area contributed by atoms with Crippen LogP contribution in [-0.2, 0) is 9.59 Å². The molecule has 1 aliphatic rings. The average molecular weight is 296 g/mol. The van der Waals surface area contributed by atoms with Gasteiger partial charge in [-0.25, -0.2) is 0 Å². The Labute approximate surface area is 123 Å². The van der Waals surface area contributed by atoms with Crippen molar-refractivity contribution in [3.63, 3.8) is 0 Å². The second kappa shape index (κ2) is 6.35. The predicted octanol–water partition coefficient (Wildman–Crippen LogP) is 1.76. The molecule has 0 saturated carbocycles. The monoisotopic (exact) mass is 296 g/mol. The minimum absolute atomic E-state index is 0.0774. The first-order valence-corrected chi connectivity index (χ1v) is 7.62. The Morgan fingerprint density at radius 1 is 1.25 bits per heavy atom. The van der Waals surface area contributed by atoms with Crippen LogP contribution in [0.4, 0.5) is 0 Å². The molecular weight excluding hydrogens is 276 g/mol. The maximum absolute atomic E-state index is 12.4. The van der Waals surface area contributed by atoms with Gasteiger partial charge in [-0.2, -0.15) is 0 Å². The highest BCUT2D eigenvalue weighted by Crippen LogP contribution is 2.28. The number of hydrogen-bond donors (Lipinski definition) is 0. The molecule has 1 aromatic heterocycles. The van der Waals surface area contributed by atoms with Gasteiger partial charge in [-0.05, 0) is 19.9 Å². The van der Waals surface area contributed by atoms with E-state index in [4.69, 9.17) is 4.42 Å². The molecule has 5 nitrogen and oxygen atoms in total. The summed E-state index contributed by atoms with van der Waals surface area (Å²) in [7, 11) is 0. The van der Waals surface area contributed by atoms with Crippen molar-refractivity contribution in [2.75, 3.05) is 26.2 Å². The minimum Gasteiger partial charge on any atom is -0.468 e. The van der Waals surface area contributed by atoms with E-state index in [-0.39, 0.29) is 17.1 Å². The first-order valence-electron chi connectivity index (χ1n) is 6.74. The summed E-state index contributed by atoms with van der Waals surface area (Å²) in [5.41, 5.74) is 0. The molecule has 1 saturated heterocycles. The predicted molar refractivity (Wildman–Crippen MR) is 77.6 cm³/mol. The van der Waals surface area contributed by atoms with E-state index in [2.05, 4.69) is 0 Å². The highest BCUT2D eigenvalue weighted by molar-refractivity contribution is 8.00. The zero-order valence-electron chi connectivity index (χ0n) is 12.1. The number of nitrogens with zero attached hydrogens (tertiary/aromatic N) is 2. The smallest absolute Gasteiger partial charge is 0.235 e. The SMILES string of the molecule is CC(=O)N1CCN(C(=O)C(C)Sc2ccoc2C)CC1. The number of amides is 2. The highest BCUT2D eigenvalue weighted by Gasteiger charge is 2.26. The molecule has 1 unspecified atom stereocenters. The molecule has 1 aromatic rings. The highest BCUT2D eigenvalue weighted by atomic mass is 32.2. The van der Waals surface area contributed by atoms with Crippen LogP contribution in [0.2, 0.25) is 0 Å². The number of carbonyl (C=O) groups is 2. The lowest BCUT2D eigenvalue weighted by atomic mass is 10.3. The van der Waals surface area contributed by atoms with Crippen molar-refractivity contribution in [3.05, 3.63) is 18.1 Å². The van der Waals surface area contributed by atoms with Gasteiger partial charge >= 0.3 is 0 Å². The largest absolute Gasteiger partial charge is 0.468 e. The number of furan rings is 1. The van der Waals surface area contributed by atoms with Gasteiger partial charge in [0.2, 0.25) is 11.8 Å². The van der Waals surface area contributed by atoms with Gasteiger partial charge in [-0.3, -0.25) is 9.59 Å². The van der Waals surface area contributed by atoms with Gasteiger partial charge in [-0.15, -0.1) is 11.8 Å². The fourth-order valence-electron chi connectivity index (χ4n) is 2.24. The molecule has 0 spiro atoms. The lowest BCUT2D eigenvalue weighted by molar-refractivity contribution is -0.137. The Morgan fingerprint density at radius 3 is 2.35 bits per heavy atom. The lowest BCUT2D eigenvalue weighted by Crippen LogP contribution is -2.51. The summed E-state index contributed by atoms with van der Waals surface area (Å²) in [6, 6.07) is 1.89. The Kier molecular flexibility index (Phi) is 4.75. The first kappa shape index (κ1) is 15.0. The summed E-state index contributed by atoms with van der Waals surface area (Å²) in [4.78, 5) is 28.3. The van der Waals surface area contributed by atoms with Crippen LogP contribution >= 0.6 is 11.8 Å². The van der Waals surface area contributed by atoms with Gasteiger partial charge in [-0.1, -0.05) is 0 Å². The zero-order chi connectivity index (χ0) is 14.7. The third-order valence-corrected chi connectivity index (χ3v) is 4.73. The molecule has 1 aliphatic heterocycles. The van der Waals surface area contributed by atoms with Crippen molar-refractivity contribution in [1.82, 2.24) is 9.80 Å². The number of carbonyl (C=O) groups excluding carboxylic acids is 2. The fraction of sp³-hybridized carbons (Fsp3) is 0.571. The summed E-state index contributed by atoms with van der Waals surface area (Å²) >= 11 is 1.52. The lowest BCUT2D eigenvalue weighted by Gasteiger charge is -2.35. The van der Waals surface area contributed by atoms with E-state index in [1.54, 1.807) is 18.1 Å². The van der Waals surface area contributed by atoms with E-state index in [9.17, 15) is 9.59 Å². The summed E-state index contributed by atoms with van der Waals surface area (Å²) in [6.45, 7) is 7.87. The third kappa shape index (κ3) is 3.36. The maximum Gasteiger partial charge on any atom is 0.235 e. The van der Waals surface area contributed by atoms with Crippen molar-refractivity contribution in [2.45, 2.75) is 30.9 Å². The Bertz CT molecular complexity index is 492. The molecule has 1 fully saturated rings. The van der Waals surface area contributed by atoms with E-state index in [0.717, 1.165) is 10.7 Å². The number of hydrogen-bond acceptors (Lipinski definition) is 4. The average Bonchev–Trinajstić information content (AvgIpc) is 2.83. The number of rotatable bonds is 3. The Hall–Kier alpha value is -1.43. The molecule has 2 rings (SSSR count). The second-order valence-electron chi connectivity index (χ2n) is 4.93. The molecule has 110 valence electrons. The Balaban J connectivity index is 1.88. The number of piperazine rings is 1. The fourth-order valence-corrected chi connectivity index (χ4v) is 3.21. The van der Waals surface area contributed by atoms with E-state index >= 15 is 0 Å². The molecule has 0 N–H and O–H groups in total. The summed E-state index contributed by atoms with van der Waals surface area (Å²) in [5.74, 6) is 1.04. The van der Waals surface area contributed by atoms with Gasteiger partial charge in [0, 0.05) is 38.0 Å². The molecule has 0 aromatic carbocycles. The van der Waals surface area contributed by atoms with E-state index in [0.29, 0.717) is 26.2 Å². The minimum atomic E-state index is -0.143. The van der Waals surface area contributed by atoms with Crippen LogP contribution in [0.15, 0.2) is 21.6 Å².